The lowest BCUT2D eigenvalue weighted by molar-refractivity contribution is -0.161. The Morgan fingerprint density at radius 1 is 0.308 bits per heavy atom. The zero-order chi connectivity index (χ0) is 56.2. The van der Waals surface area contributed by atoms with E-state index in [1.54, 1.807) is 0 Å². The van der Waals surface area contributed by atoms with Crippen molar-refractivity contribution >= 4 is 11.9 Å². The fourth-order valence-electron chi connectivity index (χ4n) is 9.83. The van der Waals surface area contributed by atoms with E-state index in [1.807, 2.05) is 0 Å². The SMILES string of the molecule is CC/C=C\C/C=C\C/C=C\C/C=C\C/C=C\CCCCCCCCCCCC(=O)OC(CO)COC(=O)CCCCCCCCCCCCCCCCCCCCCCCCCC/C=C\C/C=C\C/C=C\CCCCCCC. The molecule has 0 aliphatic rings. The predicted octanol–water partition coefficient (Wildman–Crippen LogP) is 23.4. The molecule has 0 aliphatic carbocycles. The van der Waals surface area contributed by atoms with Gasteiger partial charge in [0.2, 0.25) is 0 Å². The Balaban J connectivity index is 3.43. The minimum atomic E-state index is -0.780. The molecular weight excluding hydrogens is 957 g/mol. The molecule has 1 unspecified atom stereocenters. The van der Waals surface area contributed by atoms with Crippen molar-refractivity contribution in [1.29, 1.82) is 0 Å². The van der Waals surface area contributed by atoms with E-state index in [0.29, 0.717) is 12.8 Å². The highest BCUT2D eigenvalue weighted by Gasteiger charge is 2.16. The summed E-state index contributed by atoms with van der Waals surface area (Å²) in [6.07, 6.45) is 97.2. The first-order valence-corrected chi connectivity index (χ1v) is 33.8. The highest BCUT2D eigenvalue weighted by atomic mass is 16.6. The van der Waals surface area contributed by atoms with Crippen molar-refractivity contribution in [2.45, 2.75) is 341 Å². The molecule has 0 aromatic rings. The van der Waals surface area contributed by atoms with Crippen LogP contribution >= 0.6 is 0 Å². The summed E-state index contributed by atoms with van der Waals surface area (Å²) in [5.41, 5.74) is 0. The first-order chi connectivity index (χ1) is 38.6. The minimum Gasteiger partial charge on any atom is -0.462 e. The molecule has 0 spiro atoms. The molecule has 0 aliphatic heterocycles. The van der Waals surface area contributed by atoms with Gasteiger partial charge in [0.05, 0.1) is 6.61 Å². The molecular formula is C73H128O5. The number of ether oxygens (including phenoxy) is 2. The number of unbranched alkanes of at least 4 members (excludes halogenated alkanes) is 38. The van der Waals surface area contributed by atoms with Crippen molar-refractivity contribution in [2.24, 2.45) is 0 Å². The van der Waals surface area contributed by atoms with Gasteiger partial charge in [0.1, 0.15) is 6.61 Å². The van der Waals surface area contributed by atoms with E-state index in [-0.39, 0.29) is 25.2 Å². The maximum atomic E-state index is 12.3. The van der Waals surface area contributed by atoms with Crippen LogP contribution in [0.1, 0.15) is 335 Å². The number of aliphatic hydroxyl groups excluding tert-OH is 1. The third-order valence-electron chi connectivity index (χ3n) is 14.9. The molecule has 5 heteroatoms. The molecule has 0 bridgehead atoms. The second kappa shape index (κ2) is 68.1. The van der Waals surface area contributed by atoms with E-state index >= 15 is 0 Å². The molecule has 0 saturated heterocycles. The van der Waals surface area contributed by atoms with Crippen LogP contribution in [0, 0.1) is 0 Å². The lowest BCUT2D eigenvalue weighted by Gasteiger charge is -2.15. The molecule has 0 saturated carbocycles. The number of carbonyl (C=O) groups is 2. The number of carbonyl (C=O) groups excluding carboxylic acids is 2. The van der Waals surface area contributed by atoms with Crippen LogP contribution in [0.3, 0.4) is 0 Å². The van der Waals surface area contributed by atoms with Crippen molar-refractivity contribution in [1.82, 2.24) is 0 Å². The van der Waals surface area contributed by atoms with Gasteiger partial charge in [-0.1, -0.05) is 323 Å². The first-order valence-electron chi connectivity index (χ1n) is 33.8. The highest BCUT2D eigenvalue weighted by Crippen LogP contribution is 2.18. The number of rotatable bonds is 62. The van der Waals surface area contributed by atoms with Gasteiger partial charge in [0.15, 0.2) is 6.10 Å². The predicted molar refractivity (Wildman–Crippen MR) is 343 cm³/mol. The third-order valence-corrected chi connectivity index (χ3v) is 14.9. The second-order valence-corrected chi connectivity index (χ2v) is 22.5. The van der Waals surface area contributed by atoms with Crippen LogP contribution < -0.4 is 0 Å². The quantitative estimate of drug-likeness (QED) is 0.0373. The summed E-state index contributed by atoms with van der Waals surface area (Å²) >= 11 is 0. The van der Waals surface area contributed by atoms with E-state index in [0.717, 1.165) is 83.5 Å². The molecule has 0 radical (unpaired) electrons. The monoisotopic (exact) mass is 1080 g/mol. The van der Waals surface area contributed by atoms with Crippen LogP contribution in [0.15, 0.2) is 97.2 Å². The summed E-state index contributed by atoms with van der Waals surface area (Å²) in [7, 11) is 0. The molecule has 1 atom stereocenters. The van der Waals surface area contributed by atoms with Crippen LogP contribution in [0.25, 0.3) is 0 Å². The molecule has 0 fully saturated rings. The molecule has 78 heavy (non-hydrogen) atoms. The molecule has 5 nitrogen and oxygen atoms in total. The van der Waals surface area contributed by atoms with Gasteiger partial charge in [-0.05, 0) is 96.3 Å². The summed E-state index contributed by atoms with van der Waals surface area (Å²) in [4.78, 5) is 24.6. The van der Waals surface area contributed by atoms with Crippen molar-refractivity contribution in [2.75, 3.05) is 13.2 Å². The minimum absolute atomic E-state index is 0.0691. The maximum absolute atomic E-state index is 12.3. The topological polar surface area (TPSA) is 72.8 Å². The van der Waals surface area contributed by atoms with Crippen molar-refractivity contribution in [3.8, 4) is 0 Å². The van der Waals surface area contributed by atoms with Gasteiger partial charge in [-0.15, -0.1) is 0 Å². The summed E-state index contributed by atoms with van der Waals surface area (Å²) in [6.45, 7) is 4.04. The van der Waals surface area contributed by atoms with Gasteiger partial charge in [-0.2, -0.15) is 0 Å². The zero-order valence-electron chi connectivity index (χ0n) is 51.7. The van der Waals surface area contributed by atoms with E-state index < -0.39 is 6.10 Å². The molecule has 0 heterocycles. The maximum Gasteiger partial charge on any atom is 0.306 e. The molecule has 0 rings (SSSR count). The second-order valence-electron chi connectivity index (χ2n) is 22.5. The zero-order valence-corrected chi connectivity index (χ0v) is 51.7. The normalized spacial score (nSPS) is 12.8. The standard InChI is InChI=1S/C73H128O5/c1-3-5-7-9-11-13-15-17-19-21-23-25-27-29-30-31-32-33-34-35-36-37-38-39-40-41-42-44-45-47-49-51-53-55-57-59-61-63-65-67-72(75)77-70-71(69-74)78-73(76)68-66-64-62-60-58-56-54-52-50-48-46-43-28-26-24-22-20-18-16-14-12-10-8-6-4-2/h6,8,12,14-15,17-18,20-21,23-24,26-27,29,43,46,71,74H,3-5,7,9-11,13,16,19,22,25,28,30-42,44-45,47-70H2,1-2H3/b8-6-,14-12-,17-15-,20-18-,23-21-,26-24-,29-27-,46-43-. The van der Waals surface area contributed by atoms with Crippen LogP contribution in [-0.2, 0) is 19.1 Å². The molecule has 450 valence electrons. The number of allylic oxidation sites excluding steroid dienone is 16. The lowest BCUT2D eigenvalue weighted by Crippen LogP contribution is -2.28. The first kappa shape index (κ1) is 74.8. The molecule has 0 aromatic heterocycles. The number of aliphatic hydroxyl groups is 1. The Labute approximate surface area is 485 Å². The largest absolute Gasteiger partial charge is 0.462 e. The number of esters is 2. The third kappa shape index (κ3) is 65.3. The van der Waals surface area contributed by atoms with Gasteiger partial charge in [-0.25, -0.2) is 0 Å². The molecule has 0 aromatic carbocycles. The summed E-state index contributed by atoms with van der Waals surface area (Å²) < 4.78 is 10.7. The van der Waals surface area contributed by atoms with Gasteiger partial charge in [-0.3, -0.25) is 9.59 Å². The van der Waals surface area contributed by atoms with Crippen LogP contribution in [-0.4, -0.2) is 36.4 Å². The Morgan fingerprint density at radius 3 is 0.833 bits per heavy atom. The Hall–Kier alpha value is -3.18. The van der Waals surface area contributed by atoms with Crippen molar-refractivity contribution < 1.29 is 24.2 Å². The van der Waals surface area contributed by atoms with E-state index in [2.05, 4.69) is 111 Å². The Kier molecular flexibility index (Phi) is 65.3. The van der Waals surface area contributed by atoms with Gasteiger partial charge < -0.3 is 14.6 Å². The summed E-state index contributed by atoms with van der Waals surface area (Å²) in [6, 6.07) is 0. The average molecular weight is 1090 g/mol. The Bertz CT molecular complexity index is 1460. The molecule has 1 N–H and O–H groups in total. The van der Waals surface area contributed by atoms with E-state index in [1.165, 1.54) is 225 Å². The highest BCUT2D eigenvalue weighted by molar-refractivity contribution is 5.70. The number of hydrogen-bond donors (Lipinski definition) is 1. The van der Waals surface area contributed by atoms with Crippen LogP contribution in [0.5, 0.6) is 0 Å². The lowest BCUT2D eigenvalue weighted by atomic mass is 10.0. The van der Waals surface area contributed by atoms with E-state index in [4.69, 9.17) is 9.47 Å². The fourth-order valence-corrected chi connectivity index (χ4v) is 9.83. The van der Waals surface area contributed by atoms with E-state index in [9.17, 15) is 14.7 Å². The summed E-state index contributed by atoms with van der Waals surface area (Å²) in [5, 5.41) is 9.69. The van der Waals surface area contributed by atoms with Crippen molar-refractivity contribution in [3.63, 3.8) is 0 Å². The van der Waals surface area contributed by atoms with Crippen molar-refractivity contribution in [3.05, 3.63) is 97.2 Å². The number of hydrogen-bond acceptors (Lipinski definition) is 5. The van der Waals surface area contributed by atoms with Crippen LogP contribution in [0.4, 0.5) is 0 Å². The van der Waals surface area contributed by atoms with Crippen LogP contribution in [0.2, 0.25) is 0 Å². The Morgan fingerprint density at radius 2 is 0.551 bits per heavy atom. The fraction of sp³-hybridized carbons (Fsp3) is 0.753. The average Bonchev–Trinajstić information content (AvgIpc) is 3.44. The van der Waals surface area contributed by atoms with Gasteiger partial charge in [0.25, 0.3) is 0 Å². The summed E-state index contributed by atoms with van der Waals surface area (Å²) in [5.74, 6) is -0.588. The molecule has 0 amide bonds. The van der Waals surface area contributed by atoms with Gasteiger partial charge >= 0.3 is 11.9 Å². The van der Waals surface area contributed by atoms with Gasteiger partial charge in [0, 0.05) is 12.8 Å². The smallest absolute Gasteiger partial charge is 0.306 e.